The molecule has 3 N–H and O–H groups in total. The van der Waals surface area contributed by atoms with Crippen LogP contribution in [0.2, 0.25) is 0 Å². The number of benzene rings is 2. The van der Waals surface area contributed by atoms with E-state index in [0.717, 1.165) is 37.8 Å². The van der Waals surface area contributed by atoms with Crippen LogP contribution in [0.5, 0.6) is 17.2 Å². The van der Waals surface area contributed by atoms with Gasteiger partial charge < -0.3 is 25.2 Å². The number of carbonyl (C=O) groups excluding carboxylic acids is 2. The average Bonchev–Trinajstić information content (AvgIpc) is 3.29. The van der Waals surface area contributed by atoms with E-state index in [-0.39, 0.29) is 30.5 Å². The summed E-state index contributed by atoms with van der Waals surface area (Å²) in [5.74, 6) is 1.06. The zero-order valence-electron chi connectivity index (χ0n) is 18.4. The van der Waals surface area contributed by atoms with Crippen molar-refractivity contribution in [2.75, 3.05) is 12.1 Å². The zero-order valence-corrected chi connectivity index (χ0v) is 18.4. The summed E-state index contributed by atoms with van der Waals surface area (Å²) in [6.07, 6.45) is 5.19. The molecule has 1 aromatic heterocycles. The van der Waals surface area contributed by atoms with Crippen LogP contribution in [0.1, 0.15) is 54.1 Å². The Bertz CT molecular complexity index is 1290. The van der Waals surface area contributed by atoms with Crippen LogP contribution in [0, 0.1) is 0 Å². The van der Waals surface area contributed by atoms with Crippen molar-refractivity contribution >= 4 is 17.6 Å². The summed E-state index contributed by atoms with van der Waals surface area (Å²) in [5.41, 5.74) is 2.75. The lowest BCUT2D eigenvalue weighted by molar-refractivity contribution is 0.102. The maximum absolute atomic E-state index is 12.7. The third-order valence-corrected chi connectivity index (χ3v) is 6.52. The molecule has 0 radical (unpaired) electrons. The Hall–Kier alpha value is -4.01. The Morgan fingerprint density at radius 1 is 1.00 bits per heavy atom. The van der Waals surface area contributed by atoms with E-state index < -0.39 is 0 Å². The molecule has 174 valence electrons. The lowest BCUT2D eigenvalue weighted by Gasteiger charge is -2.25. The Morgan fingerprint density at radius 2 is 1.82 bits per heavy atom. The summed E-state index contributed by atoms with van der Waals surface area (Å²) >= 11 is 0. The minimum absolute atomic E-state index is 0.0316. The Morgan fingerprint density at radius 3 is 2.56 bits per heavy atom. The van der Waals surface area contributed by atoms with Crippen molar-refractivity contribution in [1.29, 1.82) is 0 Å². The molecule has 34 heavy (non-hydrogen) atoms. The molecule has 3 aliphatic rings. The number of nitrogens with zero attached hydrogens (tertiary/aromatic N) is 2. The molecule has 2 aliphatic carbocycles. The molecule has 0 saturated heterocycles. The number of anilines is 1. The van der Waals surface area contributed by atoms with Gasteiger partial charge in [0.25, 0.3) is 5.91 Å². The second-order valence-electron chi connectivity index (χ2n) is 8.97. The molecule has 2 heterocycles. The minimum Gasteiger partial charge on any atom is -0.507 e. The predicted octanol–water partition coefficient (Wildman–Crippen LogP) is 4.22. The molecule has 9 nitrogen and oxygen atoms in total. The number of aromatic hydroxyl groups is 1. The number of nitrogens with one attached hydrogen (secondary N) is 2. The average molecular weight is 460 g/mol. The first-order valence-corrected chi connectivity index (χ1v) is 11.5. The topological polar surface area (TPSA) is 115 Å². The molecule has 2 aromatic carbocycles. The molecule has 2 amide bonds. The molecule has 2 saturated carbocycles. The predicted molar refractivity (Wildman–Crippen MR) is 123 cm³/mol. The molecule has 1 aliphatic heterocycles. The fourth-order valence-electron chi connectivity index (χ4n) is 4.22. The van der Waals surface area contributed by atoms with Gasteiger partial charge in [-0.3, -0.25) is 4.79 Å². The number of aromatic nitrogens is 2. The Kier molecular flexibility index (Phi) is 4.90. The van der Waals surface area contributed by atoms with Crippen LogP contribution in [0.25, 0.3) is 11.3 Å². The number of ether oxygens (including phenoxy) is 2. The van der Waals surface area contributed by atoms with Gasteiger partial charge >= 0.3 is 6.03 Å². The normalized spacial score (nSPS) is 16.7. The summed E-state index contributed by atoms with van der Waals surface area (Å²) in [7, 11) is 0. The van der Waals surface area contributed by atoms with E-state index in [1.807, 2.05) is 6.07 Å². The second-order valence-corrected chi connectivity index (χ2v) is 8.97. The van der Waals surface area contributed by atoms with Crippen molar-refractivity contribution < 1.29 is 24.2 Å². The van der Waals surface area contributed by atoms with Crippen LogP contribution in [0.15, 0.2) is 42.5 Å². The fourth-order valence-corrected chi connectivity index (χ4v) is 4.22. The number of hydrogen-bond donors (Lipinski definition) is 3. The van der Waals surface area contributed by atoms with Crippen molar-refractivity contribution in [3.63, 3.8) is 0 Å². The maximum atomic E-state index is 12.7. The van der Waals surface area contributed by atoms with Gasteiger partial charge in [0.15, 0.2) is 11.5 Å². The second kappa shape index (κ2) is 8.09. The number of hydrogen-bond acceptors (Lipinski definition) is 6. The molecule has 3 aromatic rings. The summed E-state index contributed by atoms with van der Waals surface area (Å²) in [4.78, 5) is 25.4. The molecule has 0 unspecified atom stereocenters. The van der Waals surface area contributed by atoms with Crippen molar-refractivity contribution in [3.8, 4) is 28.5 Å². The molecule has 0 bridgehead atoms. The van der Waals surface area contributed by atoms with Gasteiger partial charge in [-0.25, -0.2) is 4.79 Å². The number of phenols is 1. The summed E-state index contributed by atoms with van der Waals surface area (Å²) in [5, 5.41) is 21.0. The van der Waals surface area contributed by atoms with Crippen LogP contribution < -0.4 is 20.1 Å². The number of amides is 2. The van der Waals surface area contributed by atoms with Crippen LogP contribution in [0.4, 0.5) is 10.5 Å². The monoisotopic (exact) mass is 460 g/mol. The number of phenolic OH excluding ortho intramolecular Hbond substituents is 1. The van der Waals surface area contributed by atoms with Crippen molar-refractivity contribution in [3.05, 3.63) is 53.7 Å². The van der Waals surface area contributed by atoms with E-state index in [1.165, 1.54) is 10.7 Å². The molecule has 0 atom stereocenters. The molecule has 9 heteroatoms. The lowest BCUT2D eigenvalue weighted by Crippen LogP contribution is -2.33. The number of carbonyl (C=O) groups is 2. The molecule has 6 rings (SSSR count). The highest BCUT2D eigenvalue weighted by Crippen LogP contribution is 2.39. The van der Waals surface area contributed by atoms with Crippen molar-refractivity contribution in [2.24, 2.45) is 0 Å². The fraction of sp³-hybridized carbons (Fsp3) is 0.320. The van der Waals surface area contributed by atoms with E-state index in [2.05, 4.69) is 15.7 Å². The van der Waals surface area contributed by atoms with E-state index >= 15 is 0 Å². The van der Waals surface area contributed by atoms with Gasteiger partial charge in [-0.15, -0.1) is 0 Å². The van der Waals surface area contributed by atoms with E-state index in [9.17, 15) is 14.7 Å². The summed E-state index contributed by atoms with van der Waals surface area (Å²) in [6.45, 7) is 0.135. The standard InChI is InChI=1S/C25H24N4O5/c30-21-11-17(26-24(31)15-4-9-22-23(10-15)34-13-33-22)7-8-18(21)19-12-20(14-2-1-3-14)29(28-19)25(32)27-16-5-6-16/h4,7-12,14,16,30H,1-3,5-6,13H2,(H,26,31)(H,27,32). The number of rotatable bonds is 5. The van der Waals surface area contributed by atoms with Gasteiger partial charge in [-0.2, -0.15) is 9.78 Å². The first-order valence-electron chi connectivity index (χ1n) is 11.5. The van der Waals surface area contributed by atoms with Gasteiger partial charge in [-0.1, -0.05) is 6.42 Å². The van der Waals surface area contributed by atoms with Gasteiger partial charge in [0.1, 0.15) is 5.75 Å². The van der Waals surface area contributed by atoms with Crippen molar-refractivity contribution in [1.82, 2.24) is 15.1 Å². The third-order valence-electron chi connectivity index (χ3n) is 6.52. The van der Waals surface area contributed by atoms with Gasteiger partial charge in [0, 0.05) is 34.8 Å². The highest BCUT2D eigenvalue weighted by Gasteiger charge is 2.30. The van der Waals surface area contributed by atoms with E-state index in [0.29, 0.717) is 39.9 Å². The maximum Gasteiger partial charge on any atom is 0.342 e. The van der Waals surface area contributed by atoms with Crippen LogP contribution in [-0.4, -0.2) is 39.7 Å². The zero-order chi connectivity index (χ0) is 23.2. The van der Waals surface area contributed by atoms with Crippen LogP contribution in [0.3, 0.4) is 0 Å². The van der Waals surface area contributed by atoms with Crippen molar-refractivity contribution in [2.45, 2.75) is 44.1 Å². The van der Waals surface area contributed by atoms with E-state index in [4.69, 9.17) is 9.47 Å². The Labute approximate surface area is 195 Å². The van der Waals surface area contributed by atoms with Crippen LogP contribution >= 0.6 is 0 Å². The molecular weight excluding hydrogens is 436 g/mol. The largest absolute Gasteiger partial charge is 0.507 e. The quantitative estimate of drug-likeness (QED) is 0.525. The van der Waals surface area contributed by atoms with Gasteiger partial charge in [0.05, 0.1) is 11.4 Å². The Balaban J connectivity index is 1.23. The smallest absolute Gasteiger partial charge is 0.342 e. The van der Waals surface area contributed by atoms with Gasteiger partial charge in [-0.05, 0) is 62.1 Å². The molecular formula is C25H24N4O5. The third kappa shape index (κ3) is 3.83. The lowest BCUT2D eigenvalue weighted by atomic mass is 9.82. The summed E-state index contributed by atoms with van der Waals surface area (Å²) < 4.78 is 12.1. The van der Waals surface area contributed by atoms with Crippen LogP contribution in [-0.2, 0) is 0 Å². The first-order chi connectivity index (χ1) is 16.5. The minimum atomic E-state index is -0.334. The number of fused-ring (bicyclic) bond motifs is 1. The highest BCUT2D eigenvalue weighted by molar-refractivity contribution is 6.05. The highest BCUT2D eigenvalue weighted by atomic mass is 16.7. The summed E-state index contributed by atoms with van der Waals surface area (Å²) in [6, 6.07) is 11.7. The van der Waals surface area contributed by atoms with Gasteiger partial charge in [0.2, 0.25) is 6.79 Å². The molecule has 0 spiro atoms. The van der Waals surface area contributed by atoms with E-state index in [1.54, 1.807) is 30.3 Å². The molecule has 2 fully saturated rings. The SMILES string of the molecule is O=C(Nc1ccc(-c2cc(C3CCC3)n(C(=O)NC3CC3)n2)c(O)c1)c1ccc2c(c1)OCO2. The first kappa shape index (κ1) is 20.6.